The third-order valence-corrected chi connectivity index (χ3v) is 4.26. The first-order valence-electron chi connectivity index (χ1n) is 5.78. The van der Waals surface area contributed by atoms with Gasteiger partial charge in [0.25, 0.3) is 0 Å². The van der Waals surface area contributed by atoms with Crippen molar-refractivity contribution < 1.29 is 13.2 Å². The van der Waals surface area contributed by atoms with Crippen LogP contribution in [0.4, 0.5) is 0 Å². The summed E-state index contributed by atoms with van der Waals surface area (Å²) in [6, 6.07) is 5.97. The molecule has 0 aliphatic carbocycles. The summed E-state index contributed by atoms with van der Waals surface area (Å²) in [5, 5.41) is 8.73. The third kappa shape index (κ3) is 4.80. The molecule has 0 saturated carbocycles. The predicted molar refractivity (Wildman–Crippen MR) is 72.5 cm³/mol. The molecule has 0 aliphatic rings. The summed E-state index contributed by atoms with van der Waals surface area (Å²) < 4.78 is 31.5. The van der Waals surface area contributed by atoms with Crippen molar-refractivity contribution in [2.75, 3.05) is 19.8 Å². The second-order valence-electron chi connectivity index (χ2n) is 3.71. The van der Waals surface area contributed by atoms with Crippen molar-refractivity contribution in [2.45, 2.75) is 18.2 Å². The lowest BCUT2D eigenvalue weighted by Crippen LogP contribution is -2.25. The summed E-state index contributed by atoms with van der Waals surface area (Å²) in [5.74, 6) is 0. The summed E-state index contributed by atoms with van der Waals surface area (Å²) in [4.78, 5) is -0.0235. The average molecular weight is 303 g/mol. The number of nitrogens with one attached hydrogen (secondary N) is 1. The zero-order valence-corrected chi connectivity index (χ0v) is 12.1. The van der Waals surface area contributed by atoms with E-state index in [4.69, 9.17) is 21.6 Å². The van der Waals surface area contributed by atoms with Crippen LogP contribution in [0.15, 0.2) is 23.1 Å². The monoisotopic (exact) mass is 302 g/mol. The van der Waals surface area contributed by atoms with Gasteiger partial charge in [0.2, 0.25) is 10.0 Å². The Kier molecular flexibility index (Phi) is 6.25. The molecule has 0 aliphatic heterocycles. The second kappa shape index (κ2) is 7.46. The molecule has 104 valence electrons. The molecule has 1 aromatic carbocycles. The Morgan fingerprint density at radius 1 is 1.47 bits per heavy atom. The van der Waals surface area contributed by atoms with Gasteiger partial charge < -0.3 is 4.74 Å². The van der Waals surface area contributed by atoms with Crippen LogP contribution in [0.2, 0.25) is 5.02 Å². The molecule has 0 amide bonds. The number of hydrogen-bond acceptors (Lipinski definition) is 4. The molecule has 0 bridgehead atoms. The van der Waals surface area contributed by atoms with Crippen molar-refractivity contribution in [1.82, 2.24) is 4.72 Å². The maximum absolute atomic E-state index is 12.0. The highest BCUT2D eigenvalue weighted by atomic mass is 35.5. The zero-order chi connectivity index (χ0) is 14.3. The largest absolute Gasteiger partial charge is 0.382 e. The van der Waals surface area contributed by atoms with Crippen molar-refractivity contribution >= 4 is 21.6 Å². The van der Waals surface area contributed by atoms with E-state index in [-0.39, 0.29) is 16.5 Å². The van der Waals surface area contributed by atoms with E-state index in [1.807, 2.05) is 13.0 Å². The number of sulfonamides is 1. The van der Waals surface area contributed by atoms with Gasteiger partial charge in [-0.05, 0) is 31.5 Å². The molecule has 1 aromatic rings. The molecule has 7 heteroatoms. The van der Waals surface area contributed by atoms with Gasteiger partial charge in [-0.15, -0.1) is 0 Å². The molecule has 0 heterocycles. The SMILES string of the molecule is CCOCCCNS(=O)(=O)c1ccc(C#N)cc1Cl. The average Bonchev–Trinajstić information content (AvgIpc) is 2.37. The van der Waals surface area contributed by atoms with E-state index < -0.39 is 10.0 Å². The lowest BCUT2D eigenvalue weighted by molar-refractivity contribution is 0.146. The van der Waals surface area contributed by atoms with Gasteiger partial charge in [0.1, 0.15) is 4.90 Å². The number of benzene rings is 1. The highest BCUT2D eigenvalue weighted by molar-refractivity contribution is 7.89. The van der Waals surface area contributed by atoms with Crippen LogP contribution in [0, 0.1) is 11.3 Å². The van der Waals surface area contributed by atoms with E-state index in [9.17, 15) is 8.42 Å². The minimum absolute atomic E-state index is 0.0235. The molecule has 1 N–H and O–H groups in total. The minimum atomic E-state index is -3.65. The van der Waals surface area contributed by atoms with E-state index in [1.165, 1.54) is 18.2 Å². The van der Waals surface area contributed by atoms with Gasteiger partial charge >= 0.3 is 0 Å². The van der Waals surface area contributed by atoms with Crippen LogP contribution in [-0.4, -0.2) is 28.2 Å². The molecule has 0 saturated heterocycles. The van der Waals surface area contributed by atoms with Crippen LogP contribution in [-0.2, 0) is 14.8 Å². The Labute approximate surface area is 118 Å². The van der Waals surface area contributed by atoms with Gasteiger partial charge in [0, 0.05) is 19.8 Å². The van der Waals surface area contributed by atoms with Crippen molar-refractivity contribution in [1.29, 1.82) is 5.26 Å². The molecule has 0 radical (unpaired) electrons. The van der Waals surface area contributed by atoms with Crippen molar-refractivity contribution in [2.24, 2.45) is 0 Å². The fourth-order valence-corrected chi connectivity index (χ4v) is 3.01. The van der Waals surface area contributed by atoms with Gasteiger partial charge in [0.05, 0.1) is 16.7 Å². The summed E-state index contributed by atoms with van der Waals surface area (Å²) in [5.41, 5.74) is 0.320. The third-order valence-electron chi connectivity index (χ3n) is 2.31. The van der Waals surface area contributed by atoms with E-state index >= 15 is 0 Å². The van der Waals surface area contributed by atoms with Crippen molar-refractivity contribution in [3.05, 3.63) is 28.8 Å². The first-order valence-corrected chi connectivity index (χ1v) is 7.64. The summed E-state index contributed by atoms with van der Waals surface area (Å²) >= 11 is 5.86. The molecular formula is C12H15ClN2O3S. The van der Waals surface area contributed by atoms with Crippen LogP contribution in [0.25, 0.3) is 0 Å². The van der Waals surface area contributed by atoms with Gasteiger partial charge in [0.15, 0.2) is 0 Å². The number of halogens is 1. The lowest BCUT2D eigenvalue weighted by atomic mass is 10.2. The van der Waals surface area contributed by atoms with E-state index in [0.717, 1.165) is 0 Å². The first-order chi connectivity index (χ1) is 9.01. The number of ether oxygens (including phenoxy) is 1. The summed E-state index contributed by atoms with van der Waals surface area (Å²) in [7, 11) is -3.65. The van der Waals surface area contributed by atoms with Gasteiger partial charge in [-0.2, -0.15) is 5.26 Å². The molecule has 0 aromatic heterocycles. The van der Waals surface area contributed by atoms with Crippen LogP contribution in [0.1, 0.15) is 18.9 Å². The van der Waals surface area contributed by atoms with Crippen LogP contribution < -0.4 is 4.72 Å². The Balaban J connectivity index is 2.70. The van der Waals surface area contributed by atoms with E-state index in [1.54, 1.807) is 0 Å². The van der Waals surface area contributed by atoms with Crippen molar-refractivity contribution in [3.8, 4) is 6.07 Å². The summed E-state index contributed by atoms with van der Waals surface area (Å²) in [6.07, 6.45) is 0.584. The highest BCUT2D eigenvalue weighted by Crippen LogP contribution is 2.22. The molecule has 0 unspecified atom stereocenters. The molecule has 0 fully saturated rings. The Hall–Kier alpha value is -1.13. The van der Waals surface area contributed by atoms with Gasteiger partial charge in [-0.25, -0.2) is 13.1 Å². The molecule has 0 spiro atoms. The standard InChI is InChI=1S/C12H15ClN2O3S/c1-2-18-7-3-6-15-19(16,17)12-5-4-10(9-14)8-11(12)13/h4-5,8,15H,2-3,6-7H2,1H3. The molecule has 19 heavy (non-hydrogen) atoms. The maximum Gasteiger partial charge on any atom is 0.242 e. The molecule has 5 nitrogen and oxygen atoms in total. The predicted octanol–water partition coefficient (Wildman–Crippen LogP) is 1.92. The van der Waals surface area contributed by atoms with Gasteiger partial charge in [-0.3, -0.25) is 0 Å². The minimum Gasteiger partial charge on any atom is -0.382 e. The molecular weight excluding hydrogens is 288 g/mol. The van der Waals surface area contributed by atoms with Gasteiger partial charge in [-0.1, -0.05) is 11.6 Å². The summed E-state index contributed by atoms with van der Waals surface area (Å²) in [6.45, 7) is 3.26. The molecule has 1 rings (SSSR count). The van der Waals surface area contributed by atoms with Crippen LogP contribution in [0.3, 0.4) is 0 Å². The Bertz CT molecular complexity index is 567. The van der Waals surface area contributed by atoms with E-state index in [0.29, 0.717) is 25.2 Å². The fraction of sp³-hybridized carbons (Fsp3) is 0.417. The number of nitrogens with zero attached hydrogens (tertiary/aromatic N) is 1. The molecule has 0 atom stereocenters. The first kappa shape index (κ1) is 15.9. The number of rotatable bonds is 7. The number of hydrogen-bond donors (Lipinski definition) is 1. The van der Waals surface area contributed by atoms with E-state index in [2.05, 4.69) is 4.72 Å². The number of nitriles is 1. The van der Waals surface area contributed by atoms with Crippen LogP contribution in [0.5, 0.6) is 0 Å². The lowest BCUT2D eigenvalue weighted by Gasteiger charge is -2.08. The van der Waals surface area contributed by atoms with Crippen molar-refractivity contribution in [3.63, 3.8) is 0 Å². The quantitative estimate of drug-likeness (QED) is 0.780. The Morgan fingerprint density at radius 2 is 2.21 bits per heavy atom. The zero-order valence-electron chi connectivity index (χ0n) is 10.5. The maximum atomic E-state index is 12.0. The van der Waals surface area contributed by atoms with Crippen LogP contribution >= 0.6 is 11.6 Å². The highest BCUT2D eigenvalue weighted by Gasteiger charge is 2.17. The topological polar surface area (TPSA) is 79.2 Å². The second-order valence-corrected chi connectivity index (χ2v) is 5.85. The fourth-order valence-electron chi connectivity index (χ4n) is 1.39. The Morgan fingerprint density at radius 3 is 2.79 bits per heavy atom. The smallest absolute Gasteiger partial charge is 0.242 e. The normalized spacial score (nSPS) is 11.2.